The molecule has 102 valence electrons. The predicted octanol–water partition coefficient (Wildman–Crippen LogP) is 2.81. The van der Waals surface area contributed by atoms with E-state index in [-0.39, 0.29) is 18.4 Å². The minimum Gasteiger partial charge on any atom is -0.392 e. The summed E-state index contributed by atoms with van der Waals surface area (Å²) in [6.07, 6.45) is 2.08. The maximum absolute atomic E-state index is 12.3. The Morgan fingerprint density at radius 1 is 1.42 bits per heavy atom. The van der Waals surface area contributed by atoms with E-state index in [1.807, 2.05) is 0 Å². The van der Waals surface area contributed by atoms with Crippen LogP contribution in [0, 0.1) is 0 Å². The van der Waals surface area contributed by atoms with Gasteiger partial charge >= 0.3 is 0 Å². The van der Waals surface area contributed by atoms with Crippen LogP contribution in [0.4, 0.5) is 0 Å². The standard InChI is InChI=1S/C13H14Cl2N2OS/c14-9-4-3-8(6-10(9)15)7-12(18)17-5-1-2-11(17)13(16)19/h3-4,6,11H,1-2,5,7H2,(H2,16,19). The van der Waals surface area contributed by atoms with Gasteiger partial charge in [-0.2, -0.15) is 0 Å². The third-order valence-electron chi connectivity index (χ3n) is 3.24. The number of hydrogen-bond acceptors (Lipinski definition) is 2. The van der Waals surface area contributed by atoms with Crippen molar-refractivity contribution >= 4 is 46.3 Å². The zero-order valence-electron chi connectivity index (χ0n) is 10.2. The Morgan fingerprint density at radius 2 is 2.16 bits per heavy atom. The molecule has 6 heteroatoms. The maximum atomic E-state index is 12.3. The van der Waals surface area contributed by atoms with E-state index >= 15 is 0 Å². The second-order valence-electron chi connectivity index (χ2n) is 4.57. The summed E-state index contributed by atoms with van der Waals surface area (Å²) < 4.78 is 0. The second-order valence-corrected chi connectivity index (χ2v) is 5.86. The Bertz CT molecular complexity index is 521. The van der Waals surface area contributed by atoms with Gasteiger partial charge in [0.2, 0.25) is 5.91 Å². The van der Waals surface area contributed by atoms with Gasteiger partial charge in [-0.3, -0.25) is 4.79 Å². The Kier molecular flexibility index (Phi) is 4.66. The Labute approximate surface area is 127 Å². The third kappa shape index (κ3) is 3.38. The zero-order chi connectivity index (χ0) is 14.0. The molecule has 1 heterocycles. The Hall–Kier alpha value is -0.840. The maximum Gasteiger partial charge on any atom is 0.227 e. The molecular formula is C13H14Cl2N2OS. The fourth-order valence-corrected chi connectivity index (χ4v) is 2.85. The molecule has 0 aliphatic carbocycles. The molecule has 1 unspecified atom stereocenters. The van der Waals surface area contributed by atoms with Crippen LogP contribution in [0.25, 0.3) is 0 Å². The quantitative estimate of drug-likeness (QED) is 0.872. The number of thiocarbonyl (C=S) groups is 1. The number of carbonyl (C=O) groups excluding carboxylic acids is 1. The fourth-order valence-electron chi connectivity index (χ4n) is 2.29. The highest BCUT2D eigenvalue weighted by atomic mass is 35.5. The predicted molar refractivity (Wildman–Crippen MR) is 81.7 cm³/mol. The van der Waals surface area contributed by atoms with Crippen LogP contribution in [0.3, 0.4) is 0 Å². The Morgan fingerprint density at radius 3 is 2.79 bits per heavy atom. The van der Waals surface area contributed by atoms with Crippen molar-refractivity contribution in [3.8, 4) is 0 Å². The molecule has 3 nitrogen and oxygen atoms in total. The molecular weight excluding hydrogens is 303 g/mol. The number of carbonyl (C=O) groups is 1. The lowest BCUT2D eigenvalue weighted by Gasteiger charge is -2.23. The number of halogens is 2. The minimum absolute atomic E-state index is 0.0219. The number of nitrogens with two attached hydrogens (primary N) is 1. The van der Waals surface area contributed by atoms with Gasteiger partial charge in [0.05, 0.1) is 27.5 Å². The molecule has 2 N–H and O–H groups in total. The van der Waals surface area contributed by atoms with Crippen LogP contribution < -0.4 is 5.73 Å². The van der Waals surface area contributed by atoms with Crippen molar-refractivity contribution in [1.29, 1.82) is 0 Å². The topological polar surface area (TPSA) is 46.3 Å². The van der Waals surface area contributed by atoms with Gasteiger partial charge in [-0.05, 0) is 30.5 Å². The van der Waals surface area contributed by atoms with Crippen LogP contribution in [0.2, 0.25) is 10.0 Å². The van der Waals surface area contributed by atoms with Crippen LogP contribution in [0.1, 0.15) is 18.4 Å². The molecule has 1 fully saturated rings. The van der Waals surface area contributed by atoms with Crippen molar-refractivity contribution in [2.45, 2.75) is 25.3 Å². The number of rotatable bonds is 3. The zero-order valence-corrected chi connectivity index (χ0v) is 12.6. The number of nitrogens with zero attached hydrogens (tertiary/aromatic N) is 1. The first-order chi connectivity index (χ1) is 8.99. The molecule has 0 radical (unpaired) electrons. The van der Waals surface area contributed by atoms with Gasteiger partial charge in [0.1, 0.15) is 0 Å². The molecule has 0 spiro atoms. The first kappa shape index (κ1) is 14.6. The average Bonchev–Trinajstić information content (AvgIpc) is 2.83. The number of likely N-dealkylation sites (tertiary alicyclic amines) is 1. The van der Waals surface area contributed by atoms with E-state index in [0.29, 0.717) is 21.6 Å². The monoisotopic (exact) mass is 316 g/mol. The largest absolute Gasteiger partial charge is 0.392 e. The normalized spacial score (nSPS) is 18.6. The van der Waals surface area contributed by atoms with Gasteiger partial charge in [0, 0.05) is 6.54 Å². The lowest BCUT2D eigenvalue weighted by molar-refractivity contribution is -0.130. The van der Waals surface area contributed by atoms with Crippen molar-refractivity contribution < 1.29 is 4.79 Å². The van der Waals surface area contributed by atoms with Crippen LogP contribution in [0.5, 0.6) is 0 Å². The summed E-state index contributed by atoms with van der Waals surface area (Å²) in [5, 5.41) is 0.944. The first-order valence-corrected chi connectivity index (χ1v) is 7.18. The van der Waals surface area contributed by atoms with E-state index in [4.69, 9.17) is 41.2 Å². The van der Waals surface area contributed by atoms with E-state index in [0.717, 1.165) is 18.4 Å². The number of amides is 1. The second kappa shape index (κ2) is 6.07. The highest BCUT2D eigenvalue weighted by Crippen LogP contribution is 2.24. The van der Waals surface area contributed by atoms with Gasteiger partial charge in [0.25, 0.3) is 0 Å². The number of hydrogen-bond donors (Lipinski definition) is 1. The smallest absolute Gasteiger partial charge is 0.227 e. The molecule has 1 saturated heterocycles. The van der Waals surface area contributed by atoms with Gasteiger partial charge in [-0.15, -0.1) is 0 Å². The molecule has 1 aliphatic heterocycles. The molecule has 1 aromatic rings. The molecule has 19 heavy (non-hydrogen) atoms. The van der Waals surface area contributed by atoms with Crippen molar-refractivity contribution in [2.24, 2.45) is 5.73 Å². The molecule has 1 atom stereocenters. The van der Waals surface area contributed by atoms with Crippen LogP contribution in [-0.2, 0) is 11.2 Å². The number of benzene rings is 1. The van der Waals surface area contributed by atoms with Crippen molar-refractivity contribution in [3.63, 3.8) is 0 Å². The minimum atomic E-state index is -0.106. The van der Waals surface area contributed by atoms with Crippen molar-refractivity contribution in [2.75, 3.05) is 6.54 Å². The van der Waals surface area contributed by atoms with E-state index in [2.05, 4.69) is 0 Å². The highest BCUT2D eigenvalue weighted by molar-refractivity contribution is 7.80. The van der Waals surface area contributed by atoms with Gasteiger partial charge in [-0.25, -0.2) is 0 Å². The summed E-state index contributed by atoms with van der Waals surface area (Å²) in [4.78, 5) is 14.4. The van der Waals surface area contributed by atoms with Crippen molar-refractivity contribution in [1.82, 2.24) is 4.90 Å². The van der Waals surface area contributed by atoms with E-state index in [1.54, 1.807) is 23.1 Å². The van der Waals surface area contributed by atoms with Gasteiger partial charge < -0.3 is 10.6 Å². The molecule has 1 amide bonds. The molecule has 0 saturated carbocycles. The molecule has 1 aromatic carbocycles. The summed E-state index contributed by atoms with van der Waals surface area (Å²) in [6, 6.07) is 5.11. The first-order valence-electron chi connectivity index (χ1n) is 6.01. The summed E-state index contributed by atoms with van der Waals surface area (Å²) in [6.45, 7) is 0.710. The summed E-state index contributed by atoms with van der Waals surface area (Å²) in [5.74, 6) is 0.0219. The lowest BCUT2D eigenvalue weighted by Crippen LogP contribution is -2.43. The fraction of sp³-hybridized carbons (Fsp3) is 0.385. The highest BCUT2D eigenvalue weighted by Gasteiger charge is 2.30. The van der Waals surface area contributed by atoms with E-state index < -0.39 is 0 Å². The van der Waals surface area contributed by atoms with Gasteiger partial charge in [0.15, 0.2) is 0 Å². The van der Waals surface area contributed by atoms with Crippen molar-refractivity contribution in [3.05, 3.63) is 33.8 Å². The van der Waals surface area contributed by atoms with Crippen LogP contribution in [-0.4, -0.2) is 28.4 Å². The van der Waals surface area contributed by atoms with Crippen LogP contribution >= 0.6 is 35.4 Å². The third-order valence-corrected chi connectivity index (χ3v) is 4.25. The molecule has 0 bridgehead atoms. The SMILES string of the molecule is NC(=S)C1CCCN1C(=O)Cc1ccc(Cl)c(Cl)c1. The van der Waals surface area contributed by atoms with E-state index in [1.165, 1.54) is 0 Å². The summed E-state index contributed by atoms with van der Waals surface area (Å²) in [7, 11) is 0. The molecule has 1 aliphatic rings. The average molecular weight is 317 g/mol. The Balaban J connectivity index is 2.08. The van der Waals surface area contributed by atoms with Crippen LogP contribution in [0.15, 0.2) is 18.2 Å². The van der Waals surface area contributed by atoms with E-state index in [9.17, 15) is 4.79 Å². The summed E-state index contributed by atoms with van der Waals surface area (Å²) in [5.41, 5.74) is 6.50. The van der Waals surface area contributed by atoms with Gasteiger partial charge in [-0.1, -0.05) is 41.5 Å². The lowest BCUT2D eigenvalue weighted by atomic mass is 10.1. The summed E-state index contributed by atoms with van der Waals surface area (Å²) >= 11 is 16.8. The molecule has 0 aromatic heterocycles. The molecule has 2 rings (SSSR count).